The van der Waals surface area contributed by atoms with Crippen LogP contribution in [0.3, 0.4) is 0 Å². The second kappa shape index (κ2) is 7.75. The fourth-order valence-corrected chi connectivity index (χ4v) is 3.60. The number of nitrogens with zero attached hydrogens (tertiary/aromatic N) is 5. The topological polar surface area (TPSA) is 87.5 Å². The Morgan fingerprint density at radius 1 is 1.28 bits per heavy atom. The quantitative estimate of drug-likeness (QED) is 0.688. The van der Waals surface area contributed by atoms with E-state index in [-0.39, 0.29) is 5.65 Å². The molecule has 0 radical (unpaired) electrons. The Balaban J connectivity index is 1.43. The lowest BCUT2D eigenvalue weighted by molar-refractivity contribution is 0.102. The Morgan fingerprint density at radius 3 is 2.76 bits per heavy atom. The lowest BCUT2D eigenvalue weighted by atomic mass is 10.2. The molecule has 0 aliphatic carbocycles. The number of aromatic nitrogens is 4. The first-order chi connectivity index (χ1) is 13.9. The first-order valence-corrected chi connectivity index (χ1v) is 9.68. The van der Waals surface area contributed by atoms with E-state index in [9.17, 15) is 9.18 Å². The van der Waals surface area contributed by atoms with E-state index in [2.05, 4.69) is 44.3 Å². The van der Waals surface area contributed by atoms with Gasteiger partial charge in [0.15, 0.2) is 11.5 Å². The van der Waals surface area contributed by atoms with Crippen LogP contribution in [0, 0.1) is 12.7 Å². The van der Waals surface area contributed by atoms with Gasteiger partial charge < -0.3 is 19.9 Å². The van der Waals surface area contributed by atoms with Crippen molar-refractivity contribution in [3.8, 4) is 0 Å². The number of imidazole rings is 1. The van der Waals surface area contributed by atoms with E-state index in [4.69, 9.17) is 0 Å². The van der Waals surface area contributed by atoms with Crippen LogP contribution in [0.2, 0.25) is 0 Å². The number of nitrogens with one attached hydrogen (secondary N) is 2. The van der Waals surface area contributed by atoms with Crippen LogP contribution in [0.5, 0.6) is 0 Å². The van der Waals surface area contributed by atoms with Crippen LogP contribution in [0.15, 0.2) is 30.9 Å². The van der Waals surface area contributed by atoms with Gasteiger partial charge in [-0.15, -0.1) is 0 Å². The van der Waals surface area contributed by atoms with Gasteiger partial charge >= 0.3 is 0 Å². The molecule has 3 aromatic rings. The fraction of sp³-hybridized carbons (Fsp3) is 0.400. The van der Waals surface area contributed by atoms with E-state index in [1.54, 1.807) is 23.7 Å². The van der Waals surface area contributed by atoms with Crippen molar-refractivity contribution in [2.45, 2.75) is 39.3 Å². The average Bonchev–Trinajstić information content (AvgIpc) is 3.27. The Kier molecular flexibility index (Phi) is 5.14. The molecule has 1 aliphatic rings. The molecule has 4 heterocycles. The highest BCUT2D eigenvalue weighted by atomic mass is 19.1. The number of pyridine rings is 1. The van der Waals surface area contributed by atoms with Crippen LogP contribution in [-0.2, 0) is 0 Å². The van der Waals surface area contributed by atoms with Gasteiger partial charge in [0.1, 0.15) is 0 Å². The van der Waals surface area contributed by atoms with Crippen LogP contribution >= 0.6 is 0 Å². The summed E-state index contributed by atoms with van der Waals surface area (Å²) in [6.07, 6.45) is 7.35. The molecule has 1 aliphatic heterocycles. The maximum Gasteiger partial charge on any atom is 0.258 e. The zero-order chi connectivity index (χ0) is 20.5. The minimum atomic E-state index is -0.499. The number of carbonyl (C=O) groups is 1. The van der Waals surface area contributed by atoms with Gasteiger partial charge in [-0.25, -0.2) is 19.3 Å². The first kappa shape index (κ1) is 19.3. The molecule has 0 aromatic carbocycles. The summed E-state index contributed by atoms with van der Waals surface area (Å²) in [6.45, 7) is 7.76. The van der Waals surface area contributed by atoms with E-state index in [1.807, 2.05) is 0 Å². The Labute approximate surface area is 168 Å². The van der Waals surface area contributed by atoms with Crippen molar-refractivity contribution >= 4 is 23.2 Å². The molecular weight excluding hydrogens is 373 g/mol. The molecular formula is C20H24FN7O. The van der Waals surface area contributed by atoms with Crippen molar-refractivity contribution < 1.29 is 9.18 Å². The number of amides is 1. The van der Waals surface area contributed by atoms with Gasteiger partial charge in [-0.3, -0.25) is 4.79 Å². The third kappa shape index (κ3) is 4.19. The zero-order valence-corrected chi connectivity index (χ0v) is 16.7. The molecule has 3 aromatic heterocycles. The van der Waals surface area contributed by atoms with Gasteiger partial charge in [0, 0.05) is 56.0 Å². The number of hydrogen-bond donors (Lipinski definition) is 2. The normalized spacial score (nSPS) is 16.7. The smallest absolute Gasteiger partial charge is 0.258 e. The van der Waals surface area contributed by atoms with Crippen molar-refractivity contribution in [3.05, 3.63) is 47.9 Å². The largest absolute Gasteiger partial charge is 0.339 e. The van der Waals surface area contributed by atoms with Gasteiger partial charge in [-0.1, -0.05) is 13.8 Å². The van der Waals surface area contributed by atoms with Gasteiger partial charge in [0.05, 0.1) is 16.9 Å². The maximum absolute atomic E-state index is 14.2. The van der Waals surface area contributed by atoms with Crippen LogP contribution < -0.4 is 15.5 Å². The highest BCUT2D eigenvalue weighted by molar-refractivity contribution is 6.03. The monoisotopic (exact) mass is 397 g/mol. The van der Waals surface area contributed by atoms with E-state index < -0.39 is 11.7 Å². The summed E-state index contributed by atoms with van der Waals surface area (Å²) < 4.78 is 15.7. The van der Waals surface area contributed by atoms with Crippen LogP contribution in [0.25, 0.3) is 5.65 Å². The summed E-state index contributed by atoms with van der Waals surface area (Å²) >= 11 is 0. The minimum absolute atomic E-state index is 0.226. The molecule has 0 spiro atoms. The standard InChI is InChI=1S/C20H24FN7O/c1-12(2)24-15-4-5-27(10-15)20-22-7-14(8-23-20)19(29)26-16-6-17(21)18-25-13(3)9-28(18)11-16/h6-9,11-12,15,24H,4-5,10H2,1-3H3,(H,26,29). The average molecular weight is 397 g/mol. The summed E-state index contributed by atoms with van der Waals surface area (Å²) in [7, 11) is 0. The van der Waals surface area contributed by atoms with Crippen LogP contribution in [-0.4, -0.2) is 50.4 Å². The molecule has 0 bridgehead atoms. The molecule has 1 amide bonds. The lowest BCUT2D eigenvalue weighted by Crippen LogP contribution is -2.37. The van der Waals surface area contributed by atoms with Gasteiger partial charge in [0.25, 0.3) is 5.91 Å². The molecule has 8 nitrogen and oxygen atoms in total. The Bertz CT molecular complexity index is 1030. The molecule has 152 valence electrons. The second-order valence-corrected chi connectivity index (χ2v) is 7.67. The van der Waals surface area contributed by atoms with E-state index in [0.29, 0.717) is 35.0 Å². The van der Waals surface area contributed by atoms with Crippen molar-refractivity contribution in [1.29, 1.82) is 0 Å². The molecule has 1 fully saturated rings. The summed E-state index contributed by atoms with van der Waals surface area (Å²) in [5.74, 6) is -0.287. The molecule has 1 atom stereocenters. The van der Waals surface area contributed by atoms with E-state index in [1.165, 1.54) is 18.5 Å². The first-order valence-electron chi connectivity index (χ1n) is 9.68. The highest BCUT2D eigenvalue weighted by Crippen LogP contribution is 2.18. The van der Waals surface area contributed by atoms with Crippen LogP contribution in [0.1, 0.15) is 36.3 Å². The number of carbonyl (C=O) groups excluding carboxylic acids is 1. The zero-order valence-electron chi connectivity index (χ0n) is 16.7. The molecule has 4 rings (SSSR count). The van der Waals surface area contributed by atoms with Gasteiger partial charge in [0.2, 0.25) is 5.95 Å². The number of halogens is 1. The number of rotatable bonds is 5. The fourth-order valence-electron chi connectivity index (χ4n) is 3.60. The molecule has 1 unspecified atom stereocenters. The van der Waals surface area contributed by atoms with Crippen molar-refractivity contribution in [2.75, 3.05) is 23.3 Å². The van der Waals surface area contributed by atoms with Crippen molar-refractivity contribution in [3.63, 3.8) is 0 Å². The Morgan fingerprint density at radius 2 is 2.03 bits per heavy atom. The van der Waals surface area contributed by atoms with E-state index in [0.717, 1.165) is 19.5 Å². The second-order valence-electron chi connectivity index (χ2n) is 7.67. The predicted molar refractivity (Wildman–Crippen MR) is 109 cm³/mol. The van der Waals surface area contributed by atoms with Crippen molar-refractivity contribution in [2.24, 2.45) is 0 Å². The number of fused-ring (bicyclic) bond motifs is 1. The number of aryl methyl sites for hydroxylation is 1. The summed E-state index contributed by atoms with van der Waals surface area (Å²) in [6, 6.07) is 2.10. The van der Waals surface area contributed by atoms with Crippen LogP contribution in [0.4, 0.5) is 16.0 Å². The molecule has 2 N–H and O–H groups in total. The SMILES string of the molecule is Cc1cn2cc(NC(=O)c3cnc(N4CCC(NC(C)C)C4)nc3)cc(F)c2n1. The highest BCUT2D eigenvalue weighted by Gasteiger charge is 2.24. The summed E-state index contributed by atoms with van der Waals surface area (Å²) in [5, 5.41) is 6.21. The van der Waals surface area contributed by atoms with Gasteiger partial charge in [-0.2, -0.15) is 0 Å². The molecule has 9 heteroatoms. The van der Waals surface area contributed by atoms with E-state index >= 15 is 0 Å². The third-order valence-corrected chi connectivity index (χ3v) is 4.83. The van der Waals surface area contributed by atoms with Crippen molar-refractivity contribution in [1.82, 2.24) is 24.7 Å². The molecule has 0 saturated carbocycles. The Hall–Kier alpha value is -3.07. The molecule has 29 heavy (non-hydrogen) atoms. The number of hydrogen-bond acceptors (Lipinski definition) is 6. The number of anilines is 2. The molecule has 1 saturated heterocycles. The summed E-state index contributed by atoms with van der Waals surface area (Å²) in [4.78, 5) is 27.4. The van der Waals surface area contributed by atoms with Gasteiger partial charge in [-0.05, 0) is 13.3 Å². The summed E-state index contributed by atoms with van der Waals surface area (Å²) in [5.41, 5.74) is 1.57. The lowest BCUT2D eigenvalue weighted by Gasteiger charge is -2.18. The maximum atomic E-state index is 14.2. The predicted octanol–water partition coefficient (Wildman–Crippen LogP) is 2.40. The third-order valence-electron chi connectivity index (χ3n) is 4.83. The minimum Gasteiger partial charge on any atom is -0.339 e.